The molecule has 0 saturated heterocycles. The summed E-state index contributed by atoms with van der Waals surface area (Å²) >= 11 is 0. The van der Waals surface area contributed by atoms with Crippen molar-refractivity contribution in [3.8, 4) is 11.5 Å². The van der Waals surface area contributed by atoms with Gasteiger partial charge in [0.2, 0.25) is 0 Å². The van der Waals surface area contributed by atoms with Crippen molar-refractivity contribution < 1.29 is 38.1 Å². The van der Waals surface area contributed by atoms with Gasteiger partial charge in [-0.25, -0.2) is 14.6 Å². The van der Waals surface area contributed by atoms with Crippen LogP contribution in [0.5, 0.6) is 11.5 Å². The van der Waals surface area contributed by atoms with Gasteiger partial charge in [0.05, 0.1) is 33.1 Å². The highest BCUT2D eigenvalue weighted by Crippen LogP contribution is 2.27. The molecule has 2 fully saturated rings. The van der Waals surface area contributed by atoms with E-state index in [-0.39, 0.29) is 17.7 Å². The molecule has 0 heterocycles. The second-order valence-electron chi connectivity index (χ2n) is 10.2. The summed E-state index contributed by atoms with van der Waals surface area (Å²) in [6.45, 7) is 4.18. The number of hydrogen-bond donors (Lipinski definition) is 1. The number of Topliss-reactive ketones (excluding diaryl/α,β-unsaturated/α-hetero) is 2. The molecule has 44 heavy (non-hydrogen) atoms. The summed E-state index contributed by atoms with van der Waals surface area (Å²) in [5, 5.41) is 3.16. The molecule has 0 aliphatic heterocycles. The van der Waals surface area contributed by atoms with Gasteiger partial charge in [-0.15, -0.1) is 0 Å². The lowest BCUT2D eigenvalue weighted by Crippen LogP contribution is -2.43. The van der Waals surface area contributed by atoms with Crippen LogP contribution in [0.1, 0.15) is 71.6 Å². The standard InChI is InChI=1S/C17H23NO4.C11H13NO3.C6H10O/c1-3-22-17(20)16(14-6-4-5-7-15(14)19)18-12-8-10-13(21-2)11-9-12;1-3-15-11(13)8-12-9-4-6-10(14-2)7-5-9;7-6-4-2-1-3-5-6/h8-11,14,16,18H,3-7H2,1-2H3;4-8H,3H2,1-2H3;1-5H2/t14-,16+;;/m1../s1. The lowest BCUT2D eigenvalue weighted by molar-refractivity contribution is -0.147. The molecule has 0 unspecified atom stereocenters. The number of nitrogens with one attached hydrogen (secondary N) is 1. The van der Waals surface area contributed by atoms with E-state index in [2.05, 4.69) is 10.3 Å². The number of rotatable bonds is 10. The predicted molar refractivity (Wildman–Crippen MR) is 170 cm³/mol. The van der Waals surface area contributed by atoms with Gasteiger partial charge in [0.25, 0.3) is 0 Å². The molecule has 0 radical (unpaired) electrons. The smallest absolute Gasteiger partial charge is 0.349 e. The molecule has 10 nitrogen and oxygen atoms in total. The topological polar surface area (TPSA) is 130 Å². The minimum atomic E-state index is -0.624. The summed E-state index contributed by atoms with van der Waals surface area (Å²) in [5.41, 5.74) is 1.46. The number of nitrogens with zero attached hydrogens (tertiary/aromatic N) is 1. The Balaban J connectivity index is 0.000000263. The van der Waals surface area contributed by atoms with Crippen LogP contribution in [0.25, 0.3) is 0 Å². The van der Waals surface area contributed by atoms with Crippen molar-refractivity contribution in [1.82, 2.24) is 0 Å². The Morgan fingerprint density at radius 1 is 0.818 bits per heavy atom. The van der Waals surface area contributed by atoms with E-state index in [1.54, 1.807) is 52.3 Å². The number of carbonyl (C=O) groups excluding carboxylic acids is 4. The van der Waals surface area contributed by atoms with Gasteiger partial charge < -0.3 is 24.3 Å². The number of ether oxygens (including phenoxy) is 4. The number of aliphatic imine (C=N–C) groups is 1. The van der Waals surface area contributed by atoms with E-state index in [4.69, 9.17) is 18.9 Å². The van der Waals surface area contributed by atoms with Crippen LogP contribution in [-0.4, -0.2) is 63.2 Å². The molecule has 2 aliphatic carbocycles. The summed E-state index contributed by atoms with van der Waals surface area (Å²) in [7, 11) is 3.20. The zero-order valence-electron chi connectivity index (χ0n) is 26.3. The zero-order chi connectivity index (χ0) is 32.2. The van der Waals surface area contributed by atoms with Crippen molar-refractivity contribution >= 4 is 41.1 Å². The molecule has 2 atom stereocenters. The van der Waals surface area contributed by atoms with Crippen LogP contribution in [0.4, 0.5) is 11.4 Å². The molecule has 0 spiro atoms. The highest BCUT2D eigenvalue weighted by Gasteiger charge is 2.36. The summed E-state index contributed by atoms with van der Waals surface area (Å²) in [6.07, 6.45) is 9.55. The van der Waals surface area contributed by atoms with Crippen molar-refractivity contribution in [1.29, 1.82) is 0 Å². The van der Waals surface area contributed by atoms with E-state index in [0.717, 1.165) is 68.3 Å². The van der Waals surface area contributed by atoms with Crippen LogP contribution in [0.2, 0.25) is 0 Å². The van der Waals surface area contributed by atoms with Crippen molar-refractivity contribution in [3.05, 3.63) is 48.5 Å². The fraction of sp³-hybridized carbons (Fsp3) is 0.500. The van der Waals surface area contributed by atoms with E-state index in [1.807, 2.05) is 24.3 Å². The molecular weight excluding hydrogens is 564 g/mol. The van der Waals surface area contributed by atoms with Crippen molar-refractivity contribution in [2.24, 2.45) is 10.9 Å². The zero-order valence-corrected chi connectivity index (χ0v) is 26.3. The number of esters is 2. The number of anilines is 1. The summed E-state index contributed by atoms with van der Waals surface area (Å²) < 4.78 is 19.9. The van der Waals surface area contributed by atoms with Gasteiger partial charge in [-0.1, -0.05) is 12.8 Å². The Labute approximate surface area is 260 Å². The summed E-state index contributed by atoms with van der Waals surface area (Å²) in [4.78, 5) is 49.8. The molecule has 0 aromatic heterocycles. The number of hydrogen-bond acceptors (Lipinski definition) is 10. The van der Waals surface area contributed by atoms with Gasteiger partial charge in [0, 0.05) is 30.9 Å². The van der Waals surface area contributed by atoms with E-state index in [0.29, 0.717) is 31.1 Å². The van der Waals surface area contributed by atoms with Gasteiger partial charge in [-0.3, -0.25) is 9.59 Å². The summed E-state index contributed by atoms with van der Waals surface area (Å²) in [6, 6.07) is 13.7. The fourth-order valence-corrected chi connectivity index (χ4v) is 4.71. The maximum Gasteiger partial charge on any atom is 0.349 e. The maximum absolute atomic E-state index is 12.3. The first kappa shape index (κ1) is 36.0. The van der Waals surface area contributed by atoms with Gasteiger partial charge in [-0.05, 0) is 88.1 Å². The highest BCUT2D eigenvalue weighted by molar-refractivity contribution is 6.23. The molecule has 2 aromatic rings. The molecule has 2 saturated carbocycles. The van der Waals surface area contributed by atoms with Crippen LogP contribution in [0.3, 0.4) is 0 Å². The first-order valence-electron chi connectivity index (χ1n) is 15.3. The van der Waals surface area contributed by atoms with E-state index in [9.17, 15) is 19.2 Å². The molecule has 10 heteroatoms. The van der Waals surface area contributed by atoms with Crippen LogP contribution >= 0.6 is 0 Å². The normalized spacial score (nSPS) is 16.8. The number of ketones is 2. The Bertz CT molecular complexity index is 1190. The largest absolute Gasteiger partial charge is 0.497 e. The third kappa shape index (κ3) is 13.4. The van der Waals surface area contributed by atoms with Crippen molar-refractivity contribution in [3.63, 3.8) is 0 Å². The molecular formula is C34H46N2O8. The average Bonchev–Trinajstić information content (AvgIpc) is 3.05. The second kappa shape index (κ2) is 20.7. The van der Waals surface area contributed by atoms with Crippen LogP contribution in [-0.2, 0) is 28.7 Å². The van der Waals surface area contributed by atoms with Gasteiger partial charge >= 0.3 is 11.9 Å². The summed E-state index contributed by atoms with van der Waals surface area (Å²) in [5.74, 6) is 0.996. The Kier molecular flexibility index (Phi) is 16.9. The Morgan fingerprint density at radius 3 is 1.89 bits per heavy atom. The quantitative estimate of drug-likeness (QED) is 0.244. The SMILES string of the molecule is CCOC(=O)C=Nc1ccc(OC)cc1.CCOC(=O)[C@@H](Nc1ccc(OC)cc1)[C@@H]1CCCCC1=O.O=C1CCCCC1. The molecule has 0 amide bonds. The number of benzene rings is 2. The van der Waals surface area contributed by atoms with Crippen molar-refractivity contribution in [2.45, 2.75) is 77.7 Å². The van der Waals surface area contributed by atoms with Gasteiger partial charge in [0.15, 0.2) is 0 Å². The van der Waals surface area contributed by atoms with Crippen molar-refractivity contribution in [2.75, 3.05) is 32.8 Å². The molecule has 240 valence electrons. The van der Waals surface area contributed by atoms with Gasteiger partial charge in [-0.2, -0.15) is 0 Å². The van der Waals surface area contributed by atoms with E-state index < -0.39 is 12.0 Å². The minimum absolute atomic E-state index is 0.144. The Morgan fingerprint density at radius 2 is 1.39 bits per heavy atom. The molecule has 0 bridgehead atoms. The first-order valence-corrected chi connectivity index (χ1v) is 15.3. The third-order valence-corrected chi connectivity index (χ3v) is 7.05. The minimum Gasteiger partial charge on any atom is -0.497 e. The number of methoxy groups -OCH3 is 2. The molecule has 2 aromatic carbocycles. The van der Waals surface area contributed by atoms with E-state index >= 15 is 0 Å². The van der Waals surface area contributed by atoms with Gasteiger partial charge in [0.1, 0.15) is 35.3 Å². The third-order valence-electron chi connectivity index (χ3n) is 7.05. The van der Waals surface area contributed by atoms with E-state index in [1.165, 1.54) is 6.42 Å². The lowest BCUT2D eigenvalue weighted by atomic mass is 9.82. The lowest BCUT2D eigenvalue weighted by Gasteiger charge is -2.29. The van der Waals surface area contributed by atoms with Crippen LogP contribution in [0, 0.1) is 5.92 Å². The highest BCUT2D eigenvalue weighted by atomic mass is 16.5. The molecule has 4 rings (SSSR count). The molecule has 2 aliphatic rings. The fourth-order valence-electron chi connectivity index (χ4n) is 4.71. The first-order chi connectivity index (χ1) is 21.3. The predicted octanol–water partition coefficient (Wildman–Crippen LogP) is 6.28. The second-order valence-corrected chi connectivity index (χ2v) is 10.2. The maximum atomic E-state index is 12.3. The van der Waals surface area contributed by atoms with Crippen LogP contribution in [0.15, 0.2) is 53.5 Å². The Hall–Kier alpha value is -4.21. The average molecular weight is 611 g/mol. The molecule has 1 N–H and O–H groups in total. The number of carbonyl (C=O) groups is 4. The van der Waals surface area contributed by atoms with Crippen LogP contribution < -0.4 is 14.8 Å². The monoisotopic (exact) mass is 610 g/mol.